The molecule has 2 heterocycles. The van der Waals surface area contributed by atoms with Crippen molar-refractivity contribution in [1.29, 1.82) is 0 Å². The third-order valence-corrected chi connectivity index (χ3v) is 5.02. The largest absolute Gasteiger partial charge is 0.273 e. The van der Waals surface area contributed by atoms with Crippen molar-refractivity contribution in [3.05, 3.63) is 30.1 Å². The van der Waals surface area contributed by atoms with Crippen LogP contribution in [0, 0.1) is 5.92 Å². The lowest BCUT2D eigenvalue weighted by Crippen LogP contribution is -2.22. The van der Waals surface area contributed by atoms with Gasteiger partial charge in [0.15, 0.2) is 9.84 Å². The van der Waals surface area contributed by atoms with Crippen molar-refractivity contribution in [2.75, 3.05) is 11.5 Å². The van der Waals surface area contributed by atoms with Gasteiger partial charge in [0.1, 0.15) is 0 Å². The maximum absolute atomic E-state index is 11.7. The van der Waals surface area contributed by atoms with E-state index in [1.54, 1.807) is 25.3 Å². The van der Waals surface area contributed by atoms with Gasteiger partial charge in [-0.2, -0.15) is 5.10 Å². The fraction of sp³-hybridized carbons (Fsp3) is 0.462. The van der Waals surface area contributed by atoms with E-state index in [1.807, 2.05) is 6.07 Å². The van der Waals surface area contributed by atoms with Gasteiger partial charge in [0, 0.05) is 12.6 Å². The van der Waals surface area contributed by atoms with E-state index in [-0.39, 0.29) is 29.8 Å². The average Bonchev–Trinajstić information content (AvgIpc) is 2.76. The molecule has 1 amide bonds. The second-order valence-electron chi connectivity index (χ2n) is 4.92. The van der Waals surface area contributed by atoms with Gasteiger partial charge in [-0.1, -0.05) is 6.07 Å². The normalized spacial score (nSPS) is 21.6. The fourth-order valence-corrected chi connectivity index (χ4v) is 3.98. The van der Waals surface area contributed by atoms with Crippen LogP contribution in [0.5, 0.6) is 0 Å². The lowest BCUT2D eigenvalue weighted by Gasteiger charge is -2.06. The molecule has 7 heteroatoms. The number of rotatable bonds is 4. The van der Waals surface area contributed by atoms with E-state index in [4.69, 9.17) is 0 Å². The predicted molar refractivity (Wildman–Crippen MR) is 76.0 cm³/mol. The highest BCUT2D eigenvalue weighted by atomic mass is 32.2. The molecule has 1 atom stereocenters. The van der Waals surface area contributed by atoms with Crippen LogP contribution in [-0.2, 0) is 14.6 Å². The summed E-state index contributed by atoms with van der Waals surface area (Å²) in [5.41, 5.74) is 3.75. The summed E-state index contributed by atoms with van der Waals surface area (Å²) in [6.45, 7) is 1.75. The predicted octanol–water partition coefficient (Wildman–Crippen LogP) is 0.747. The van der Waals surface area contributed by atoms with Crippen molar-refractivity contribution in [1.82, 2.24) is 10.4 Å². The monoisotopic (exact) mass is 295 g/mol. The molecule has 1 aromatic heterocycles. The van der Waals surface area contributed by atoms with Gasteiger partial charge >= 0.3 is 0 Å². The van der Waals surface area contributed by atoms with E-state index in [1.165, 1.54) is 0 Å². The second-order valence-corrected chi connectivity index (χ2v) is 7.15. The summed E-state index contributed by atoms with van der Waals surface area (Å²) in [6, 6.07) is 5.44. The van der Waals surface area contributed by atoms with Crippen LogP contribution in [0.4, 0.5) is 0 Å². The summed E-state index contributed by atoms with van der Waals surface area (Å²) >= 11 is 0. The zero-order chi connectivity index (χ0) is 14.6. The summed E-state index contributed by atoms with van der Waals surface area (Å²) < 4.78 is 22.6. The van der Waals surface area contributed by atoms with Crippen LogP contribution in [0.2, 0.25) is 0 Å². The highest BCUT2D eigenvalue weighted by Crippen LogP contribution is 2.21. The van der Waals surface area contributed by atoms with Crippen molar-refractivity contribution in [2.24, 2.45) is 11.0 Å². The summed E-state index contributed by atoms with van der Waals surface area (Å²) in [7, 11) is -2.94. The van der Waals surface area contributed by atoms with E-state index in [0.29, 0.717) is 17.8 Å². The number of nitrogens with zero attached hydrogens (tertiary/aromatic N) is 2. The molecule has 1 N–H and O–H groups in total. The lowest BCUT2D eigenvalue weighted by molar-refractivity contribution is -0.121. The molecule has 0 saturated carbocycles. The highest BCUT2D eigenvalue weighted by Gasteiger charge is 2.29. The second kappa shape index (κ2) is 6.13. The SMILES string of the molecule is C/C(=N/NC(=O)C[C@@H]1CCS(=O)(=O)C1)c1ccccn1. The minimum Gasteiger partial charge on any atom is -0.273 e. The number of carbonyl (C=O) groups excluding carboxylic acids is 1. The smallest absolute Gasteiger partial charge is 0.240 e. The van der Waals surface area contributed by atoms with Crippen LogP contribution < -0.4 is 5.43 Å². The molecular formula is C13H17N3O3S. The first-order chi connectivity index (χ1) is 9.46. The molecule has 108 valence electrons. The summed E-state index contributed by atoms with van der Waals surface area (Å²) in [5.74, 6) is -0.0717. The first kappa shape index (κ1) is 14.6. The Morgan fingerprint density at radius 1 is 1.50 bits per heavy atom. The van der Waals surface area contributed by atoms with Gasteiger partial charge in [0.2, 0.25) is 5.91 Å². The number of carbonyl (C=O) groups is 1. The van der Waals surface area contributed by atoms with Crippen LogP contribution in [0.1, 0.15) is 25.5 Å². The van der Waals surface area contributed by atoms with E-state index in [2.05, 4.69) is 15.5 Å². The van der Waals surface area contributed by atoms with Gasteiger partial charge in [-0.25, -0.2) is 13.8 Å². The molecule has 0 aliphatic carbocycles. The number of hydrogen-bond acceptors (Lipinski definition) is 5. The number of hydrazone groups is 1. The number of aromatic nitrogens is 1. The first-order valence-corrected chi connectivity index (χ1v) is 8.23. The lowest BCUT2D eigenvalue weighted by atomic mass is 10.1. The van der Waals surface area contributed by atoms with Gasteiger partial charge in [-0.15, -0.1) is 0 Å². The maximum atomic E-state index is 11.7. The van der Waals surface area contributed by atoms with Gasteiger partial charge in [-0.3, -0.25) is 9.78 Å². The van der Waals surface area contributed by atoms with Crippen molar-refractivity contribution >= 4 is 21.5 Å². The molecule has 1 aliphatic rings. The third kappa shape index (κ3) is 4.12. The van der Waals surface area contributed by atoms with Gasteiger partial charge in [0.25, 0.3) is 0 Å². The Morgan fingerprint density at radius 2 is 2.30 bits per heavy atom. The molecule has 1 fully saturated rings. The molecule has 1 saturated heterocycles. The van der Waals surface area contributed by atoms with Crippen molar-refractivity contribution in [2.45, 2.75) is 19.8 Å². The van der Waals surface area contributed by atoms with Crippen LogP contribution in [0.15, 0.2) is 29.5 Å². The number of nitrogens with one attached hydrogen (secondary N) is 1. The summed E-state index contributed by atoms with van der Waals surface area (Å²) in [6.07, 6.45) is 2.40. The van der Waals surface area contributed by atoms with Crippen molar-refractivity contribution in [3.8, 4) is 0 Å². The summed E-state index contributed by atoms with van der Waals surface area (Å²) in [5, 5.41) is 3.98. The van der Waals surface area contributed by atoms with Gasteiger partial charge in [-0.05, 0) is 31.4 Å². The number of hydrogen-bond donors (Lipinski definition) is 1. The first-order valence-electron chi connectivity index (χ1n) is 6.41. The Morgan fingerprint density at radius 3 is 2.90 bits per heavy atom. The van der Waals surface area contributed by atoms with E-state index in [9.17, 15) is 13.2 Å². The molecule has 0 radical (unpaired) electrons. The molecular weight excluding hydrogens is 278 g/mol. The Labute approximate surface area is 118 Å². The zero-order valence-corrected chi connectivity index (χ0v) is 12.1. The quantitative estimate of drug-likeness (QED) is 0.655. The van der Waals surface area contributed by atoms with Crippen LogP contribution in [0.25, 0.3) is 0 Å². The Bertz CT molecular complexity index is 611. The van der Waals surface area contributed by atoms with Crippen LogP contribution in [0.3, 0.4) is 0 Å². The molecule has 2 rings (SSSR count). The Hall–Kier alpha value is -1.76. The maximum Gasteiger partial charge on any atom is 0.240 e. The van der Waals surface area contributed by atoms with Crippen molar-refractivity contribution in [3.63, 3.8) is 0 Å². The molecule has 0 unspecified atom stereocenters. The zero-order valence-electron chi connectivity index (χ0n) is 11.2. The van der Waals surface area contributed by atoms with E-state index in [0.717, 1.165) is 0 Å². The molecule has 0 spiro atoms. The standard InChI is InChI=1S/C13H17N3O3S/c1-10(12-4-2-3-6-14-12)15-16-13(17)8-11-5-7-20(18,19)9-11/h2-4,6,11H,5,7-9H2,1H3,(H,16,17)/b15-10-/t11-/m0/s1. The fourth-order valence-electron chi connectivity index (χ4n) is 2.12. The topological polar surface area (TPSA) is 88.5 Å². The Balaban J connectivity index is 1.86. The third-order valence-electron chi connectivity index (χ3n) is 3.18. The average molecular weight is 295 g/mol. The number of sulfone groups is 1. The molecule has 1 aromatic rings. The van der Waals surface area contributed by atoms with Gasteiger partial charge < -0.3 is 0 Å². The highest BCUT2D eigenvalue weighted by molar-refractivity contribution is 7.91. The van der Waals surface area contributed by atoms with Gasteiger partial charge in [0.05, 0.1) is 22.9 Å². The number of pyridine rings is 1. The van der Waals surface area contributed by atoms with E-state index >= 15 is 0 Å². The molecule has 1 aliphatic heterocycles. The van der Waals surface area contributed by atoms with Crippen LogP contribution in [-0.4, -0.2) is 36.5 Å². The molecule has 0 bridgehead atoms. The minimum absolute atomic E-state index is 0.0923. The molecule has 0 aromatic carbocycles. The minimum atomic E-state index is -2.94. The molecule has 20 heavy (non-hydrogen) atoms. The number of amides is 1. The summed E-state index contributed by atoms with van der Waals surface area (Å²) in [4.78, 5) is 15.8. The Kier molecular flexibility index (Phi) is 4.49. The molecule has 6 nitrogen and oxygen atoms in total. The van der Waals surface area contributed by atoms with E-state index < -0.39 is 9.84 Å². The van der Waals surface area contributed by atoms with Crippen molar-refractivity contribution < 1.29 is 13.2 Å². The van der Waals surface area contributed by atoms with Crippen LogP contribution >= 0.6 is 0 Å².